The largest absolute Gasteiger partial charge is 0.381 e. The lowest BCUT2D eigenvalue weighted by Gasteiger charge is -2.34. The normalized spacial score (nSPS) is 15.9. The zero-order chi connectivity index (χ0) is 17.4. The van der Waals surface area contributed by atoms with Gasteiger partial charge in [-0.3, -0.25) is 4.90 Å². The lowest BCUT2D eigenvalue weighted by molar-refractivity contribution is 0.106. The number of piperazine rings is 1. The molecule has 2 rings (SSSR count). The third-order valence-corrected chi connectivity index (χ3v) is 5.08. The number of hydrogen-bond donors (Lipinski definition) is 1. The van der Waals surface area contributed by atoms with Crippen LogP contribution in [0.4, 0.5) is 4.79 Å². The second-order valence-corrected chi connectivity index (χ2v) is 8.32. The second-order valence-electron chi connectivity index (χ2n) is 6.52. The molecular formula is C17H28ClN3O2S. The van der Waals surface area contributed by atoms with Crippen LogP contribution in [0.25, 0.3) is 0 Å². The summed E-state index contributed by atoms with van der Waals surface area (Å²) in [7, 11) is 0. The van der Waals surface area contributed by atoms with Crippen molar-refractivity contribution in [1.29, 1.82) is 0 Å². The van der Waals surface area contributed by atoms with Gasteiger partial charge >= 0.3 is 6.03 Å². The van der Waals surface area contributed by atoms with E-state index < -0.39 is 0 Å². The van der Waals surface area contributed by atoms with Gasteiger partial charge in [0.15, 0.2) is 0 Å². The lowest BCUT2D eigenvalue weighted by Crippen LogP contribution is -2.51. The summed E-state index contributed by atoms with van der Waals surface area (Å²) in [6.45, 7) is 10.7. The predicted molar refractivity (Wildman–Crippen MR) is 99.9 cm³/mol. The van der Waals surface area contributed by atoms with Gasteiger partial charge in [-0.2, -0.15) is 0 Å². The maximum Gasteiger partial charge on any atom is 0.317 e. The first-order chi connectivity index (χ1) is 11.5. The highest BCUT2D eigenvalue weighted by Crippen LogP contribution is 2.23. The summed E-state index contributed by atoms with van der Waals surface area (Å²) in [6, 6.07) is 4.06. The lowest BCUT2D eigenvalue weighted by atomic mass is 10.2. The van der Waals surface area contributed by atoms with Crippen LogP contribution in [-0.2, 0) is 11.3 Å². The minimum atomic E-state index is 0.0395. The number of halogens is 1. The zero-order valence-corrected chi connectivity index (χ0v) is 16.2. The summed E-state index contributed by atoms with van der Waals surface area (Å²) in [5, 5.41) is 2.98. The van der Waals surface area contributed by atoms with Gasteiger partial charge in [-0.25, -0.2) is 4.79 Å². The number of carbonyl (C=O) groups is 1. The van der Waals surface area contributed by atoms with E-state index in [9.17, 15) is 4.79 Å². The molecule has 2 amide bonds. The number of amides is 2. The maximum atomic E-state index is 12.1. The summed E-state index contributed by atoms with van der Waals surface area (Å²) in [5.74, 6) is 0.557. The smallest absolute Gasteiger partial charge is 0.317 e. The highest BCUT2D eigenvalue weighted by atomic mass is 35.5. The summed E-state index contributed by atoms with van der Waals surface area (Å²) in [4.78, 5) is 17.7. The Bertz CT molecular complexity index is 502. The summed E-state index contributed by atoms with van der Waals surface area (Å²) >= 11 is 7.59. The van der Waals surface area contributed by atoms with Crippen LogP contribution in [0.2, 0.25) is 4.34 Å². The Morgan fingerprint density at radius 1 is 1.33 bits per heavy atom. The van der Waals surface area contributed by atoms with E-state index in [1.165, 1.54) is 4.88 Å². The Labute approximate surface area is 153 Å². The van der Waals surface area contributed by atoms with Crippen molar-refractivity contribution in [3.63, 3.8) is 0 Å². The fourth-order valence-electron chi connectivity index (χ4n) is 2.57. The molecule has 1 N–H and O–H groups in total. The van der Waals surface area contributed by atoms with E-state index >= 15 is 0 Å². The number of hydrogen-bond acceptors (Lipinski definition) is 4. The average molecular weight is 374 g/mol. The molecule has 1 aromatic heterocycles. The van der Waals surface area contributed by atoms with Gasteiger partial charge in [0.25, 0.3) is 0 Å². The molecule has 24 heavy (non-hydrogen) atoms. The molecule has 1 aromatic rings. The highest BCUT2D eigenvalue weighted by Gasteiger charge is 2.21. The van der Waals surface area contributed by atoms with E-state index in [1.807, 2.05) is 11.0 Å². The number of rotatable bonds is 8. The van der Waals surface area contributed by atoms with Gasteiger partial charge in [-0.05, 0) is 24.5 Å². The Morgan fingerprint density at radius 2 is 2.08 bits per heavy atom. The molecule has 7 heteroatoms. The van der Waals surface area contributed by atoms with Gasteiger partial charge in [-0.1, -0.05) is 25.4 Å². The van der Waals surface area contributed by atoms with E-state index in [4.69, 9.17) is 16.3 Å². The van der Waals surface area contributed by atoms with Gasteiger partial charge < -0.3 is 15.0 Å². The Balaban J connectivity index is 1.57. The van der Waals surface area contributed by atoms with Crippen LogP contribution in [0.3, 0.4) is 0 Å². The SMILES string of the molecule is CC(C)COCCCNC(=O)N1CCN(Cc2ccc(Cl)s2)CC1. The second kappa shape index (κ2) is 10.2. The zero-order valence-electron chi connectivity index (χ0n) is 14.6. The Morgan fingerprint density at radius 3 is 2.71 bits per heavy atom. The van der Waals surface area contributed by atoms with Crippen LogP contribution < -0.4 is 5.32 Å². The molecule has 0 radical (unpaired) electrons. The maximum absolute atomic E-state index is 12.1. The van der Waals surface area contributed by atoms with Crippen molar-refractivity contribution < 1.29 is 9.53 Å². The van der Waals surface area contributed by atoms with Crippen LogP contribution in [-0.4, -0.2) is 61.8 Å². The van der Waals surface area contributed by atoms with Crippen molar-refractivity contribution in [3.05, 3.63) is 21.3 Å². The summed E-state index contributed by atoms with van der Waals surface area (Å²) in [6.07, 6.45) is 0.859. The highest BCUT2D eigenvalue weighted by molar-refractivity contribution is 7.16. The third-order valence-electron chi connectivity index (χ3n) is 3.86. The Hall–Kier alpha value is -0.820. The van der Waals surface area contributed by atoms with E-state index in [-0.39, 0.29) is 6.03 Å². The predicted octanol–water partition coefficient (Wildman–Crippen LogP) is 3.29. The molecule has 1 aliphatic heterocycles. The minimum absolute atomic E-state index is 0.0395. The molecule has 0 atom stereocenters. The van der Waals surface area contributed by atoms with Crippen molar-refractivity contribution in [2.45, 2.75) is 26.8 Å². The number of thiophene rings is 1. The van der Waals surface area contributed by atoms with Crippen LogP contribution >= 0.6 is 22.9 Å². The molecule has 136 valence electrons. The van der Waals surface area contributed by atoms with Crippen molar-refractivity contribution in [2.75, 3.05) is 45.9 Å². The molecule has 1 saturated heterocycles. The monoisotopic (exact) mass is 373 g/mol. The molecule has 1 fully saturated rings. The van der Waals surface area contributed by atoms with Crippen LogP contribution in [0.15, 0.2) is 12.1 Å². The van der Waals surface area contributed by atoms with Gasteiger partial charge in [0, 0.05) is 57.4 Å². The van der Waals surface area contributed by atoms with E-state index in [2.05, 4.69) is 30.1 Å². The summed E-state index contributed by atoms with van der Waals surface area (Å²) < 4.78 is 6.35. The molecule has 0 aliphatic carbocycles. The number of carbonyl (C=O) groups excluding carboxylic acids is 1. The van der Waals surface area contributed by atoms with Crippen molar-refractivity contribution in [1.82, 2.24) is 15.1 Å². The molecule has 1 aliphatic rings. The fraction of sp³-hybridized carbons (Fsp3) is 0.706. The molecule has 0 spiro atoms. The van der Waals surface area contributed by atoms with Gasteiger partial charge in [0.1, 0.15) is 0 Å². The molecule has 0 unspecified atom stereocenters. The fourth-order valence-corrected chi connectivity index (χ4v) is 3.70. The first-order valence-corrected chi connectivity index (χ1v) is 9.81. The molecular weight excluding hydrogens is 346 g/mol. The van der Waals surface area contributed by atoms with Gasteiger partial charge in [-0.15, -0.1) is 11.3 Å². The Kier molecular flexibility index (Phi) is 8.32. The van der Waals surface area contributed by atoms with Crippen LogP contribution in [0, 0.1) is 5.92 Å². The molecule has 5 nitrogen and oxygen atoms in total. The molecule has 0 bridgehead atoms. The van der Waals surface area contributed by atoms with Crippen molar-refractivity contribution >= 4 is 29.0 Å². The number of urea groups is 1. The van der Waals surface area contributed by atoms with Crippen molar-refractivity contribution in [2.24, 2.45) is 5.92 Å². The topological polar surface area (TPSA) is 44.8 Å². The minimum Gasteiger partial charge on any atom is -0.381 e. The summed E-state index contributed by atoms with van der Waals surface area (Å²) in [5.41, 5.74) is 0. The van der Waals surface area contributed by atoms with Gasteiger partial charge in [0.2, 0.25) is 0 Å². The number of nitrogens with zero attached hydrogens (tertiary/aromatic N) is 2. The van der Waals surface area contributed by atoms with E-state index in [0.29, 0.717) is 19.1 Å². The van der Waals surface area contributed by atoms with E-state index in [0.717, 1.165) is 50.1 Å². The standard InChI is InChI=1S/C17H28ClN3O2S/c1-14(2)13-23-11-3-6-19-17(22)21-9-7-20(8-10-21)12-15-4-5-16(18)24-15/h4-5,14H,3,6-13H2,1-2H3,(H,19,22). The molecule has 0 saturated carbocycles. The number of nitrogens with one attached hydrogen (secondary N) is 1. The van der Waals surface area contributed by atoms with Crippen LogP contribution in [0.5, 0.6) is 0 Å². The molecule has 0 aromatic carbocycles. The first kappa shape index (κ1) is 19.5. The van der Waals surface area contributed by atoms with Crippen molar-refractivity contribution in [3.8, 4) is 0 Å². The van der Waals surface area contributed by atoms with Gasteiger partial charge in [0.05, 0.1) is 4.34 Å². The average Bonchev–Trinajstić information content (AvgIpc) is 2.96. The van der Waals surface area contributed by atoms with Crippen LogP contribution in [0.1, 0.15) is 25.1 Å². The molecule has 2 heterocycles. The quantitative estimate of drug-likeness (QED) is 0.711. The van der Waals surface area contributed by atoms with E-state index in [1.54, 1.807) is 11.3 Å². The number of ether oxygens (including phenoxy) is 1. The first-order valence-electron chi connectivity index (χ1n) is 8.61. The third kappa shape index (κ3) is 6.97.